The van der Waals surface area contributed by atoms with E-state index in [4.69, 9.17) is 9.47 Å². The molecule has 2 aromatic carbocycles. The summed E-state index contributed by atoms with van der Waals surface area (Å²) in [6.07, 6.45) is 9.59. The van der Waals surface area contributed by atoms with E-state index in [9.17, 15) is 4.79 Å². The van der Waals surface area contributed by atoms with E-state index >= 15 is 0 Å². The first-order chi connectivity index (χ1) is 15.6. The van der Waals surface area contributed by atoms with E-state index in [1.165, 1.54) is 6.42 Å². The number of hydrogen-bond acceptors (Lipinski definition) is 5. The highest BCUT2D eigenvalue weighted by Gasteiger charge is 2.26. The van der Waals surface area contributed by atoms with E-state index < -0.39 is 0 Å². The fourth-order valence-corrected chi connectivity index (χ4v) is 4.34. The molecule has 0 aliphatic heterocycles. The highest BCUT2D eigenvalue weighted by atomic mass is 16.5. The number of aromatic nitrogens is 4. The van der Waals surface area contributed by atoms with Crippen LogP contribution in [0.15, 0.2) is 49.1 Å². The smallest absolute Gasteiger partial charge is 0.170 e. The highest BCUT2D eigenvalue weighted by Crippen LogP contribution is 2.37. The summed E-state index contributed by atoms with van der Waals surface area (Å²) >= 11 is 0. The quantitative estimate of drug-likeness (QED) is 0.393. The Kier molecular flexibility index (Phi) is 5.17. The lowest BCUT2D eigenvalue weighted by molar-refractivity contribution is 0.0930. The van der Waals surface area contributed by atoms with Crippen LogP contribution in [-0.4, -0.2) is 39.3 Å². The normalized spacial score (nSPS) is 13.8. The summed E-state index contributed by atoms with van der Waals surface area (Å²) in [5.74, 6) is 1.60. The van der Waals surface area contributed by atoms with E-state index in [1.807, 2.05) is 48.3 Å². The van der Waals surface area contributed by atoms with Crippen molar-refractivity contribution in [1.29, 1.82) is 0 Å². The zero-order chi connectivity index (χ0) is 22.2. The van der Waals surface area contributed by atoms with Gasteiger partial charge in [-0.05, 0) is 23.6 Å². The van der Waals surface area contributed by atoms with E-state index in [0.717, 1.165) is 40.7 Å². The van der Waals surface area contributed by atoms with Gasteiger partial charge in [-0.1, -0.05) is 25.3 Å². The average Bonchev–Trinajstić information content (AvgIpc) is 3.40. The molecular weight excluding hydrogens is 404 g/mol. The van der Waals surface area contributed by atoms with Crippen LogP contribution in [-0.2, 0) is 7.05 Å². The summed E-state index contributed by atoms with van der Waals surface area (Å²) in [6.45, 7) is 0. The van der Waals surface area contributed by atoms with Crippen molar-refractivity contribution in [2.45, 2.75) is 25.7 Å². The Bertz CT molecular complexity index is 1270. The molecule has 4 aromatic rings. The van der Waals surface area contributed by atoms with Crippen LogP contribution in [0.25, 0.3) is 27.8 Å². The Labute approximate surface area is 186 Å². The zero-order valence-corrected chi connectivity index (χ0v) is 18.5. The number of Topliss-reactive ketones (excluding diaryl/α,β-unsaturated/α-hetero) is 1. The average molecular weight is 431 g/mol. The first-order valence-corrected chi connectivity index (χ1v) is 10.8. The first-order valence-electron chi connectivity index (χ1n) is 10.8. The van der Waals surface area contributed by atoms with Gasteiger partial charge in [-0.2, -0.15) is 5.10 Å². The number of methoxy groups -OCH3 is 2. The number of benzene rings is 2. The Hall–Kier alpha value is -3.61. The van der Waals surface area contributed by atoms with Crippen molar-refractivity contribution in [3.63, 3.8) is 0 Å². The molecule has 1 aliphatic rings. The van der Waals surface area contributed by atoms with Gasteiger partial charge < -0.3 is 9.47 Å². The summed E-state index contributed by atoms with van der Waals surface area (Å²) in [5.41, 5.74) is 5.28. The lowest BCUT2D eigenvalue weighted by Gasteiger charge is -2.25. The van der Waals surface area contributed by atoms with Crippen LogP contribution < -0.4 is 9.47 Å². The highest BCUT2D eigenvalue weighted by molar-refractivity contribution is 6.02. The molecule has 7 nitrogen and oxygen atoms in total. The summed E-state index contributed by atoms with van der Waals surface area (Å²) in [7, 11) is 5.08. The minimum absolute atomic E-state index is 0.0755. The van der Waals surface area contributed by atoms with E-state index in [0.29, 0.717) is 29.4 Å². The van der Waals surface area contributed by atoms with Crippen LogP contribution in [0.3, 0.4) is 0 Å². The maximum absolute atomic E-state index is 13.0. The fraction of sp³-hybridized carbons (Fsp3) is 0.320. The predicted octanol–water partition coefficient (Wildman–Crippen LogP) is 4.82. The summed E-state index contributed by atoms with van der Waals surface area (Å²) in [4.78, 5) is 17.6. The van der Waals surface area contributed by atoms with E-state index in [2.05, 4.69) is 16.1 Å². The second-order valence-corrected chi connectivity index (χ2v) is 8.37. The molecular formula is C25H26N4O3. The number of carbonyl (C=O) groups is 1. The van der Waals surface area contributed by atoms with Crippen molar-refractivity contribution >= 4 is 16.8 Å². The van der Waals surface area contributed by atoms with E-state index in [-0.39, 0.29) is 5.78 Å². The van der Waals surface area contributed by atoms with Crippen molar-refractivity contribution < 1.29 is 14.3 Å². The topological polar surface area (TPSA) is 71.2 Å². The zero-order valence-electron chi connectivity index (χ0n) is 18.5. The molecule has 0 saturated heterocycles. The Balaban J connectivity index is 1.54. The number of aryl methyl sites for hydroxylation is 1. The molecule has 2 aromatic heterocycles. The van der Waals surface area contributed by atoms with Crippen molar-refractivity contribution in [2.75, 3.05) is 14.2 Å². The van der Waals surface area contributed by atoms with Gasteiger partial charge in [-0.3, -0.25) is 14.0 Å². The number of fused-ring (bicyclic) bond motifs is 1. The molecule has 0 N–H and O–H groups in total. The van der Waals surface area contributed by atoms with Gasteiger partial charge in [0.2, 0.25) is 0 Å². The number of rotatable bonds is 7. The lowest BCUT2D eigenvalue weighted by atomic mass is 9.80. The Morgan fingerprint density at radius 3 is 2.44 bits per heavy atom. The molecule has 1 saturated carbocycles. The minimum Gasteiger partial charge on any atom is -0.496 e. The van der Waals surface area contributed by atoms with Gasteiger partial charge in [0, 0.05) is 37.4 Å². The third-order valence-electron chi connectivity index (χ3n) is 6.33. The third kappa shape index (κ3) is 3.53. The number of imidazole rings is 1. The number of carbonyl (C=O) groups excluding carboxylic acids is 1. The van der Waals surface area contributed by atoms with Gasteiger partial charge in [-0.15, -0.1) is 0 Å². The maximum atomic E-state index is 13.0. The molecule has 0 bridgehead atoms. The predicted molar refractivity (Wildman–Crippen MR) is 123 cm³/mol. The molecule has 0 unspecified atom stereocenters. The Morgan fingerprint density at radius 2 is 1.84 bits per heavy atom. The van der Waals surface area contributed by atoms with Crippen LogP contribution in [0.2, 0.25) is 0 Å². The molecule has 32 heavy (non-hydrogen) atoms. The third-order valence-corrected chi connectivity index (χ3v) is 6.33. The second kappa shape index (κ2) is 8.15. The van der Waals surface area contributed by atoms with Gasteiger partial charge >= 0.3 is 0 Å². The van der Waals surface area contributed by atoms with Crippen molar-refractivity contribution in [2.24, 2.45) is 13.0 Å². The fourth-order valence-electron chi connectivity index (χ4n) is 4.34. The number of nitrogens with zero attached hydrogens (tertiary/aromatic N) is 4. The summed E-state index contributed by atoms with van der Waals surface area (Å²) in [6, 6.07) is 9.91. The molecule has 1 fully saturated rings. The van der Waals surface area contributed by atoms with Crippen molar-refractivity contribution in [3.8, 4) is 28.3 Å². The first kappa shape index (κ1) is 20.3. The van der Waals surface area contributed by atoms with Gasteiger partial charge in [0.05, 0.1) is 37.1 Å². The summed E-state index contributed by atoms with van der Waals surface area (Å²) in [5, 5.41) is 4.25. The van der Waals surface area contributed by atoms with Gasteiger partial charge in [0.25, 0.3) is 0 Å². The maximum Gasteiger partial charge on any atom is 0.170 e. The molecule has 0 atom stereocenters. The number of ether oxygens (including phenoxy) is 2. The van der Waals surface area contributed by atoms with Crippen LogP contribution in [0.4, 0.5) is 0 Å². The minimum atomic E-state index is 0.0755. The molecule has 0 amide bonds. The molecule has 2 heterocycles. The van der Waals surface area contributed by atoms with E-state index in [1.54, 1.807) is 25.2 Å². The molecule has 0 spiro atoms. The number of ketones is 1. The van der Waals surface area contributed by atoms with Gasteiger partial charge in [-0.25, -0.2) is 4.98 Å². The lowest BCUT2D eigenvalue weighted by Crippen LogP contribution is -2.17. The molecule has 5 rings (SSSR count). The van der Waals surface area contributed by atoms with Crippen molar-refractivity contribution in [1.82, 2.24) is 19.3 Å². The standard InChI is InChI=1S/C25H26N4O3/c1-28-14-18(13-27-28)17-7-8-21-20(10-17)26-15-29(21)19-11-23(31-2)25(24(12-19)32-3)22(30)9-16-5-4-6-16/h7-8,10-16H,4-6,9H2,1-3H3. The SMILES string of the molecule is COc1cc(-n2cnc3cc(-c4cnn(C)c4)ccc32)cc(OC)c1C(=O)CC1CCC1. The molecule has 0 radical (unpaired) electrons. The van der Waals surface area contributed by atoms with Gasteiger partial charge in [0.1, 0.15) is 23.4 Å². The van der Waals surface area contributed by atoms with Crippen LogP contribution in [0.5, 0.6) is 11.5 Å². The summed E-state index contributed by atoms with van der Waals surface area (Å²) < 4.78 is 15.0. The van der Waals surface area contributed by atoms with Crippen LogP contribution in [0.1, 0.15) is 36.0 Å². The van der Waals surface area contributed by atoms with Gasteiger partial charge in [0.15, 0.2) is 5.78 Å². The number of hydrogen-bond donors (Lipinski definition) is 0. The molecule has 7 heteroatoms. The van der Waals surface area contributed by atoms with Crippen LogP contribution >= 0.6 is 0 Å². The molecule has 164 valence electrons. The van der Waals surface area contributed by atoms with Crippen molar-refractivity contribution in [3.05, 3.63) is 54.6 Å². The second-order valence-electron chi connectivity index (χ2n) is 8.37. The molecule has 1 aliphatic carbocycles. The van der Waals surface area contributed by atoms with Crippen LogP contribution in [0, 0.1) is 5.92 Å². The largest absolute Gasteiger partial charge is 0.496 e. The Morgan fingerprint density at radius 1 is 1.09 bits per heavy atom. The monoisotopic (exact) mass is 430 g/mol.